The molecule has 0 fully saturated rings. The first-order valence-electron chi connectivity index (χ1n) is 4.58. The van der Waals surface area contributed by atoms with Crippen molar-refractivity contribution in [1.82, 2.24) is 0 Å². The Bertz CT molecular complexity index is 223. The molecule has 14 heavy (non-hydrogen) atoms. The monoisotopic (exact) mass is 191 g/mol. The Morgan fingerprint density at radius 3 is 1.79 bits per heavy atom. The van der Waals surface area contributed by atoms with Crippen LogP contribution in [0.1, 0.15) is 19.3 Å². The normalized spacial score (nSPS) is 10.0. The Morgan fingerprint density at radius 1 is 1.07 bits per heavy atom. The molecule has 0 bridgehead atoms. The van der Waals surface area contributed by atoms with Crippen molar-refractivity contribution < 1.29 is 0 Å². The fourth-order valence-electron chi connectivity index (χ4n) is 1.54. The summed E-state index contributed by atoms with van der Waals surface area (Å²) in [7, 11) is 0. The van der Waals surface area contributed by atoms with Gasteiger partial charge in [0, 0.05) is 11.5 Å². The fraction of sp³-hybridized carbons (Fsp3) is 0.455. The standard InChI is InChI=1S/C11H17N3/c1-4-7-11(8-5-2,9-6-3)10-13-14-12/h4-6H,1-3,7-10H2. The summed E-state index contributed by atoms with van der Waals surface area (Å²) in [5, 5.41) is 3.64. The van der Waals surface area contributed by atoms with Gasteiger partial charge in [0.25, 0.3) is 0 Å². The number of hydrogen-bond donors (Lipinski definition) is 0. The van der Waals surface area contributed by atoms with Crippen molar-refractivity contribution in [1.29, 1.82) is 0 Å². The first kappa shape index (κ1) is 12.5. The lowest BCUT2D eigenvalue weighted by molar-refractivity contribution is 0.310. The predicted octanol–water partition coefficient (Wildman–Crippen LogP) is 4.01. The van der Waals surface area contributed by atoms with Crippen molar-refractivity contribution >= 4 is 0 Å². The van der Waals surface area contributed by atoms with E-state index >= 15 is 0 Å². The van der Waals surface area contributed by atoms with E-state index in [9.17, 15) is 0 Å². The van der Waals surface area contributed by atoms with E-state index in [1.54, 1.807) is 0 Å². The van der Waals surface area contributed by atoms with Gasteiger partial charge in [0.15, 0.2) is 0 Å². The molecule has 3 nitrogen and oxygen atoms in total. The summed E-state index contributed by atoms with van der Waals surface area (Å²) >= 11 is 0. The molecule has 0 saturated carbocycles. The molecule has 0 N–H and O–H groups in total. The van der Waals surface area contributed by atoms with Crippen molar-refractivity contribution in [3.8, 4) is 0 Å². The third-order valence-electron chi connectivity index (χ3n) is 2.20. The summed E-state index contributed by atoms with van der Waals surface area (Å²) in [5.74, 6) is 0. The average molecular weight is 191 g/mol. The average Bonchev–Trinajstić information content (AvgIpc) is 2.16. The van der Waals surface area contributed by atoms with Gasteiger partial charge in [-0.05, 0) is 30.2 Å². The minimum absolute atomic E-state index is 0.0719. The fourth-order valence-corrected chi connectivity index (χ4v) is 1.54. The van der Waals surface area contributed by atoms with Crippen LogP contribution in [0.4, 0.5) is 0 Å². The van der Waals surface area contributed by atoms with E-state index in [4.69, 9.17) is 5.53 Å². The van der Waals surface area contributed by atoms with E-state index < -0.39 is 0 Å². The lowest BCUT2D eigenvalue weighted by Crippen LogP contribution is -2.22. The van der Waals surface area contributed by atoms with Gasteiger partial charge >= 0.3 is 0 Å². The molecule has 0 unspecified atom stereocenters. The minimum Gasteiger partial charge on any atom is -0.103 e. The van der Waals surface area contributed by atoms with Crippen LogP contribution in [0.2, 0.25) is 0 Å². The molecule has 3 heteroatoms. The van der Waals surface area contributed by atoms with Crippen molar-refractivity contribution in [2.24, 2.45) is 10.5 Å². The summed E-state index contributed by atoms with van der Waals surface area (Å²) < 4.78 is 0. The lowest BCUT2D eigenvalue weighted by atomic mass is 9.78. The SMILES string of the molecule is C=CCC(CC=C)(CC=C)CN=[N+]=[N-]. The van der Waals surface area contributed by atoms with E-state index in [1.807, 2.05) is 18.2 Å². The van der Waals surface area contributed by atoms with Gasteiger partial charge < -0.3 is 0 Å². The van der Waals surface area contributed by atoms with Crippen LogP contribution in [0.25, 0.3) is 10.4 Å². The highest BCUT2D eigenvalue weighted by molar-refractivity contribution is 4.96. The third-order valence-corrected chi connectivity index (χ3v) is 2.20. The summed E-state index contributed by atoms with van der Waals surface area (Å²) in [6, 6.07) is 0. The molecule has 0 aliphatic carbocycles. The zero-order valence-corrected chi connectivity index (χ0v) is 8.52. The van der Waals surface area contributed by atoms with Gasteiger partial charge in [-0.3, -0.25) is 0 Å². The van der Waals surface area contributed by atoms with Crippen molar-refractivity contribution in [3.63, 3.8) is 0 Å². The second-order valence-electron chi connectivity index (χ2n) is 3.37. The Labute approximate surface area is 85.5 Å². The highest BCUT2D eigenvalue weighted by Gasteiger charge is 2.24. The van der Waals surface area contributed by atoms with Crippen LogP contribution in [-0.2, 0) is 0 Å². The third kappa shape index (κ3) is 3.97. The van der Waals surface area contributed by atoms with Crippen LogP contribution >= 0.6 is 0 Å². The maximum absolute atomic E-state index is 8.32. The summed E-state index contributed by atoms with van der Waals surface area (Å²) in [6.45, 7) is 11.6. The Balaban J connectivity index is 4.67. The van der Waals surface area contributed by atoms with Gasteiger partial charge in [0.1, 0.15) is 0 Å². The minimum atomic E-state index is -0.0719. The molecule has 0 rings (SSSR count). The quantitative estimate of drug-likeness (QED) is 0.241. The van der Waals surface area contributed by atoms with Crippen LogP contribution in [0.5, 0.6) is 0 Å². The largest absolute Gasteiger partial charge is 0.103 e. The number of azide groups is 1. The predicted molar refractivity (Wildman–Crippen MR) is 60.9 cm³/mol. The first-order chi connectivity index (χ1) is 6.74. The zero-order chi connectivity index (χ0) is 10.9. The maximum atomic E-state index is 8.32. The molecular weight excluding hydrogens is 174 g/mol. The smallest absolute Gasteiger partial charge is 0.0323 e. The molecule has 0 saturated heterocycles. The Morgan fingerprint density at radius 2 is 1.50 bits per heavy atom. The van der Waals surface area contributed by atoms with E-state index in [0.717, 1.165) is 19.3 Å². The highest BCUT2D eigenvalue weighted by Crippen LogP contribution is 2.32. The number of rotatable bonds is 8. The van der Waals surface area contributed by atoms with Crippen molar-refractivity contribution in [2.75, 3.05) is 6.54 Å². The van der Waals surface area contributed by atoms with Crippen LogP contribution in [-0.4, -0.2) is 6.54 Å². The molecule has 0 aliphatic rings. The summed E-state index contributed by atoms with van der Waals surface area (Å²) in [6.07, 6.45) is 7.97. The van der Waals surface area contributed by atoms with Crippen molar-refractivity contribution in [2.45, 2.75) is 19.3 Å². The molecular formula is C11H17N3. The molecule has 76 valence electrons. The van der Waals surface area contributed by atoms with E-state index in [1.165, 1.54) is 0 Å². The first-order valence-corrected chi connectivity index (χ1v) is 4.58. The molecule has 0 spiro atoms. The highest BCUT2D eigenvalue weighted by atomic mass is 15.1. The molecule has 0 aromatic carbocycles. The topological polar surface area (TPSA) is 48.8 Å². The number of nitrogens with zero attached hydrogens (tertiary/aromatic N) is 3. The zero-order valence-electron chi connectivity index (χ0n) is 8.52. The molecule has 0 atom stereocenters. The number of allylic oxidation sites excluding steroid dienone is 3. The molecule has 0 amide bonds. The molecule has 0 aromatic rings. The lowest BCUT2D eigenvalue weighted by Gasteiger charge is -2.28. The van der Waals surface area contributed by atoms with Gasteiger partial charge in [0.05, 0.1) is 0 Å². The molecule has 0 heterocycles. The molecule has 0 aromatic heterocycles. The van der Waals surface area contributed by atoms with Crippen LogP contribution in [0.3, 0.4) is 0 Å². The van der Waals surface area contributed by atoms with Crippen molar-refractivity contribution in [3.05, 3.63) is 48.4 Å². The number of hydrogen-bond acceptors (Lipinski definition) is 1. The van der Waals surface area contributed by atoms with E-state index in [0.29, 0.717) is 6.54 Å². The van der Waals surface area contributed by atoms with Crippen LogP contribution in [0.15, 0.2) is 43.1 Å². The molecule has 0 radical (unpaired) electrons. The Kier molecular flexibility index (Phi) is 6.25. The van der Waals surface area contributed by atoms with Gasteiger partial charge in [-0.1, -0.05) is 23.3 Å². The Hall–Kier alpha value is -1.47. The van der Waals surface area contributed by atoms with E-state index in [2.05, 4.69) is 29.8 Å². The maximum Gasteiger partial charge on any atom is 0.0323 e. The van der Waals surface area contributed by atoms with Gasteiger partial charge in [-0.25, -0.2) is 0 Å². The second-order valence-corrected chi connectivity index (χ2v) is 3.37. The summed E-state index contributed by atoms with van der Waals surface area (Å²) in [4.78, 5) is 2.79. The van der Waals surface area contributed by atoms with Crippen LogP contribution < -0.4 is 0 Å². The van der Waals surface area contributed by atoms with Gasteiger partial charge in [-0.15, -0.1) is 19.7 Å². The van der Waals surface area contributed by atoms with E-state index in [-0.39, 0.29) is 5.41 Å². The summed E-state index contributed by atoms with van der Waals surface area (Å²) in [5.41, 5.74) is 8.24. The van der Waals surface area contributed by atoms with Crippen LogP contribution in [0, 0.1) is 5.41 Å². The van der Waals surface area contributed by atoms with Gasteiger partial charge in [0.2, 0.25) is 0 Å². The second kappa shape index (κ2) is 6.98. The molecule has 0 aliphatic heterocycles. The van der Waals surface area contributed by atoms with Gasteiger partial charge in [-0.2, -0.15) is 0 Å².